The molecule has 0 spiro atoms. The largest absolute Gasteiger partial charge is 0.478 e. The number of rotatable bonds is 6. The lowest BCUT2D eigenvalue weighted by Crippen LogP contribution is -2.39. The molecule has 1 aliphatic heterocycles. The number of carbonyl (C=O) groups is 3. The summed E-state index contributed by atoms with van der Waals surface area (Å²) in [6, 6.07) is 15.2. The van der Waals surface area contributed by atoms with Gasteiger partial charge in [-0.3, -0.25) is 9.59 Å². The molecule has 1 aliphatic rings. The average Bonchev–Trinajstić information content (AvgIpc) is 3.19. The van der Waals surface area contributed by atoms with Crippen LogP contribution in [-0.2, 0) is 10.0 Å². The first-order valence-electron chi connectivity index (χ1n) is 11.9. The van der Waals surface area contributed by atoms with E-state index in [4.69, 9.17) is 5.11 Å². The molecule has 37 heavy (non-hydrogen) atoms. The normalized spacial score (nSPS) is 15.9. The summed E-state index contributed by atoms with van der Waals surface area (Å²) in [5, 5.41) is 9.15. The number of aromatic carboxylic acids is 1. The average molecular weight is 524 g/mol. The zero-order valence-electron chi connectivity index (χ0n) is 20.9. The maximum absolute atomic E-state index is 13.6. The fraction of sp³-hybridized carbons (Fsp3) is 0.296. The van der Waals surface area contributed by atoms with E-state index in [9.17, 15) is 22.8 Å². The Hall–Kier alpha value is -3.92. The molecule has 0 saturated carbocycles. The van der Waals surface area contributed by atoms with Crippen LogP contribution in [0, 0.1) is 13.8 Å². The number of nitrogens with one attached hydrogen (secondary N) is 1. The van der Waals surface area contributed by atoms with Crippen molar-refractivity contribution in [3.63, 3.8) is 0 Å². The number of carboxylic acids is 1. The summed E-state index contributed by atoms with van der Waals surface area (Å²) in [4.78, 5) is 39.3. The topological polar surface area (TPSA) is 126 Å². The number of hydrogen-bond donors (Lipinski definition) is 2. The van der Waals surface area contributed by atoms with Crippen LogP contribution in [0.4, 0.5) is 0 Å². The molecule has 2 aromatic carbocycles. The van der Waals surface area contributed by atoms with Crippen LogP contribution in [-0.4, -0.2) is 60.1 Å². The molecule has 2 N–H and O–H groups in total. The van der Waals surface area contributed by atoms with Gasteiger partial charge in [0.2, 0.25) is 10.0 Å². The zero-order valence-corrected chi connectivity index (χ0v) is 21.7. The van der Waals surface area contributed by atoms with Crippen molar-refractivity contribution in [2.75, 3.05) is 19.3 Å². The number of likely N-dealkylation sites (tertiary alicyclic amines) is 1. The first kappa shape index (κ1) is 26.2. The molecule has 4 rings (SSSR count). The Morgan fingerprint density at radius 3 is 2.16 bits per heavy atom. The second-order valence-electron chi connectivity index (χ2n) is 9.40. The van der Waals surface area contributed by atoms with E-state index < -0.39 is 21.9 Å². The Bertz CT molecular complexity index is 1450. The van der Waals surface area contributed by atoms with Gasteiger partial charge in [-0.1, -0.05) is 12.1 Å². The summed E-state index contributed by atoms with van der Waals surface area (Å²) in [6.45, 7) is 4.80. The van der Waals surface area contributed by atoms with E-state index in [-0.39, 0.29) is 23.0 Å². The highest BCUT2D eigenvalue weighted by molar-refractivity contribution is 7.89. The van der Waals surface area contributed by atoms with Crippen LogP contribution in [0.2, 0.25) is 0 Å². The first-order chi connectivity index (χ1) is 17.4. The van der Waals surface area contributed by atoms with Crippen molar-refractivity contribution in [1.29, 1.82) is 0 Å². The highest BCUT2D eigenvalue weighted by Crippen LogP contribution is 2.29. The molecule has 194 valence electrons. The Balaban J connectivity index is 1.65. The van der Waals surface area contributed by atoms with E-state index in [0.717, 1.165) is 36.0 Å². The lowest BCUT2D eigenvalue weighted by Gasteiger charge is -2.33. The summed E-state index contributed by atoms with van der Waals surface area (Å²) in [5.41, 5.74) is 3.81. The molecule has 9 nitrogen and oxygen atoms in total. The predicted molar refractivity (Wildman–Crippen MR) is 139 cm³/mol. The van der Waals surface area contributed by atoms with E-state index in [0.29, 0.717) is 24.3 Å². The van der Waals surface area contributed by atoms with Crippen LogP contribution in [0.5, 0.6) is 0 Å². The molecule has 1 atom stereocenters. The van der Waals surface area contributed by atoms with Crippen molar-refractivity contribution in [3.05, 3.63) is 88.2 Å². The van der Waals surface area contributed by atoms with Gasteiger partial charge >= 0.3 is 5.97 Å². The Labute approximate surface area is 215 Å². The fourth-order valence-electron chi connectivity index (χ4n) is 4.83. The molecule has 2 heterocycles. The standard InChI is InChI=1S/C27H29N3O6S/c1-17-6-7-18(2)30(17)24-15-21(12-13-23(24)25(31)28-37(3,35)36)26(32)29-14-4-5-22(16-29)19-8-10-20(11-9-19)27(33)34/h6-13,15,22H,4-5,14,16H2,1-3H3,(H,28,31)(H,33,34). The minimum atomic E-state index is -3.78. The third kappa shape index (κ3) is 5.75. The predicted octanol–water partition coefficient (Wildman–Crippen LogP) is 3.50. The number of aromatic nitrogens is 1. The van der Waals surface area contributed by atoms with Gasteiger partial charge in [-0.05, 0) is 74.7 Å². The fourth-order valence-corrected chi connectivity index (χ4v) is 5.27. The van der Waals surface area contributed by atoms with E-state index in [2.05, 4.69) is 0 Å². The molecule has 0 bridgehead atoms. The molecule has 1 fully saturated rings. The maximum atomic E-state index is 13.6. The minimum Gasteiger partial charge on any atom is -0.478 e. The summed E-state index contributed by atoms with van der Waals surface area (Å²) >= 11 is 0. The van der Waals surface area contributed by atoms with Gasteiger partial charge in [0.1, 0.15) is 0 Å². The van der Waals surface area contributed by atoms with E-state index >= 15 is 0 Å². The van der Waals surface area contributed by atoms with Gasteiger partial charge in [0, 0.05) is 36.0 Å². The van der Waals surface area contributed by atoms with Crippen molar-refractivity contribution in [2.45, 2.75) is 32.6 Å². The number of carboxylic acid groups (broad SMARTS) is 1. The molecule has 10 heteroatoms. The molecular weight excluding hydrogens is 494 g/mol. The second kappa shape index (κ2) is 10.2. The molecule has 2 amide bonds. The lowest BCUT2D eigenvalue weighted by molar-refractivity contribution is 0.0693. The number of sulfonamides is 1. The van der Waals surface area contributed by atoms with Gasteiger partial charge in [-0.25, -0.2) is 17.9 Å². The van der Waals surface area contributed by atoms with Gasteiger partial charge < -0.3 is 14.6 Å². The van der Waals surface area contributed by atoms with Crippen LogP contribution < -0.4 is 4.72 Å². The quantitative estimate of drug-likeness (QED) is 0.509. The van der Waals surface area contributed by atoms with Crippen molar-refractivity contribution in [3.8, 4) is 5.69 Å². The summed E-state index contributed by atoms with van der Waals surface area (Å²) in [7, 11) is -3.78. The first-order valence-corrected chi connectivity index (χ1v) is 13.8. The summed E-state index contributed by atoms with van der Waals surface area (Å²) < 4.78 is 27.2. The molecular formula is C27H29N3O6S. The van der Waals surface area contributed by atoms with E-state index in [1.807, 2.05) is 35.3 Å². The van der Waals surface area contributed by atoms with Crippen LogP contribution in [0.1, 0.15) is 66.8 Å². The monoisotopic (exact) mass is 523 g/mol. The number of benzene rings is 2. The molecule has 3 aromatic rings. The van der Waals surface area contributed by atoms with Crippen molar-refractivity contribution >= 4 is 27.8 Å². The lowest BCUT2D eigenvalue weighted by atomic mass is 9.89. The number of hydrogen-bond acceptors (Lipinski definition) is 5. The molecule has 0 radical (unpaired) electrons. The Morgan fingerprint density at radius 1 is 0.946 bits per heavy atom. The van der Waals surface area contributed by atoms with Crippen molar-refractivity contribution in [1.82, 2.24) is 14.2 Å². The van der Waals surface area contributed by atoms with Gasteiger partial charge in [0.15, 0.2) is 0 Å². The van der Waals surface area contributed by atoms with Gasteiger partial charge in [0.25, 0.3) is 11.8 Å². The van der Waals surface area contributed by atoms with Crippen LogP contribution in [0.15, 0.2) is 54.6 Å². The van der Waals surface area contributed by atoms with Gasteiger partial charge in [-0.15, -0.1) is 0 Å². The molecule has 1 aromatic heterocycles. The Kier molecular flexibility index (Phi) is 7.22. The van der Waals surface area contributed by atoms with Crippen molar-refractivity contribution in [2.24, 2.45) is 0 Å². The molecule has 0 aliphatic carbocycles. The Morgan fingerprint density at radius 2 is 1.57 bits per heavy atom. The molecule has 1 saturated heterocycles. The third-order valence-corrected chi connectivity index (χ3v) is 7.17. The highest BCUT2D eigenvalue weighted by Gasteiger charge is 2.27. The van der Waals surface area contributed by atoms with Gasteiger partial charge in [-0.2, -0.15) is 0 Å². The summed E-state index contributed by atoms with van der Waals surface area (Å²) in [5.74, 6) is -1.86. The molecule has 1 unspecified atom stereocenters. The number of aryl methyl sites for hydroxylation is 2. The van der Waals surface area contributed by atoms with Crippen LogP contribution in [0.3, 0.4) is 0 Å². The summed E-state index contributed by atoms with van der Waals surface area (Å²) in [6.07, 6.45) is 2.60. The number of piperidine rings is 1. The smallest absolute Gasteiger partial charge is 0.335 e. The second-order valence-corrected chi connectivity index (χ2v) is 11.2. The van der Waals surface area contributed by atoms with Crippen LogP contribution in [0.25, 0.3) is 5.69 Å². The van der Waals surface area contributed by atoms with E-state index in [1.165, 1.54) is 6.07 Å². The SMILES string of the molecule is Cc1ccc(C)n1-c1cc(C(=O)N2CCCC(c3ccc(C(=O)O)cc3)C2)ccc1C(=O)NS(C)(=O)=O. The maximum Gasteiger partial charge on any atom is 0.335 e. The zero-order chi connectivity index (χ0) is 26.9. The van der Waals surface area contributed by atoms with E-state index in [1.54, 1.807) is 41.3 Å². The van der Waals surface area contributed by atoms with Gasteiger partial charge in [0.05, 0.1) is 23.1 Å². The number of nitrogens with zero attached hydrogens (tertiary/aromatic N) is 2. The minimum absolute atomic E-state index is 0.0776. The number of carbonyl (C=O) groups excluding carboxylic acids is 2. The highest BCUT2D eigenvalue weighted by atomic mass is 32.2. The van der Waals surface area contributed by atoms with Crippen molar-refractivity contribution < 1.29 is 27.9 Å². The number of amides is 2. The third-order valence-electron chi connectivity index (χ3n) is 6.62. The van der Waals surface area contributed by atoms with Crippen LogP contribution >= 0.6 is 0 Å².